The smallest absolute Gasteiger partial charge is 0.271 e. The highest BCUT2D eigenvalue weighted by molar-refractivity contribution is 6.44. The number of carbonyl (C=O) groups is 1. The number of benzene rings is 1. The van der Waals surface area contributed by atoms with Crippen molar-refractivity contribution in [1.82, 2.24) is 5.32 Å². The molecule has 0 aliphatic heterocycles. The Bertz CT molecular complexity index is 542. The lowest BCUT2D eigenvalue weighted by molar-refractivity contribution is -0.384. The molecule has 1 N–H and O–H groups in total. The van der Waals surface area contributed by atoms with Crippen LogP contribution in [-0.2, 0) is 0 Å². The number of amides is 1. The first-order chi connectivity index (χ1) is 8.88. The molecular weight excluding hydrogens is 291 g/mol. The Morgan fingerprint density at radius 3 is 2.58 bits per heavy atom. The SMILES string of the molecule is CC1CC(NC(=O)c2cc([N+](=O)[O-])cc(Cl)c2Cl)C1. The number of nitrogens with zero attached hydrogens (tertiary/aromatic N) is 1. The molecule has 1 amide bonds. The summed E-state index contributed by atoms with van der Waals surface area (Å²) in [5.74, 6) is 0.168. The van der Waals surface area contributed by atoms with E-state index in [1.54, 1.807) is 0 Å². The maximum atomic E-state index is 12.0. The van der Waals surface area contributed by atoms with Crippen molar-refractivity contribution in [2.75, 3.05) is 0 Å². The summed E-state index contributed by atoms with van der Waals surface area (Å²) in [6, 6.07) is 2.38. The van der Waals surface area contributed by atoms with Crippen LogP contribution >= 0.6 is 23.2 Å². The van der Waals surface area contributed by atoms with E-state index in [4.69, 9.17) is 23.2 Å². The van der Waals surface area contributed by atoms with Gasteiger partial charge in [0.05, 0.1) is 20.5 Å². The summed E-state index contributed by atoms with van der Waals surface area (Å²) in [7, 11) is 0. The molecule has 0 saturated heterocycles. The van der Waals surface area contributed by atoms with Crippen molar-refractivity contribution in [1.29, 1.82) is 0 Å². The van der Waals surface area contributed by atoms with E-state index in [0.717, 1.165) is 25.0 Å². The molecule has 0 aromatic heterocycles. The number of nitrogens with one attached hydrogen (secondary N) is 1. The third kappa shape index (κ3) is 2.98. The lowest BCUT2D eigenvalue weighted by Gasteiger charge is -2.33. The van der Waals surface area contributed by atoms with E-state index in [1.807, 2.05) is 0 Å². The molecule has 19 heavy (non-hydrogen) atoms. The molecule has 0 radical (unpaired) electrons. The molecule has 0 atom stereocenters. The van der Waals surface area contributed by atoms with Crippen LogP contribution in [-0.4, -0.2) is 16.9 Å². The van der Waals surface area contributed by atoms with Gasteiger partial charge in [0.15, 0.2) is 0 Å². The molecule has 5 nitrogen and oxygen atoms in total. The highest BCUT2D eigenvalue weighted by Gasteiger charge is 2.28. The van der Waals surface area contributed by atoms with Crippen molar-refractivity contribution in [3.63, 3.8) is 0 Å². The van der Waals surface area contributed by atoms with Crippen molar-refractivity contribution >= 4 is 34.8 Å². The monoisotopic (exact) mass is 302 g/mol. The molecule has 1 aliphatic rings. The van der Waals surface area contributed by atoms with Crippen LogP contribution in [0.5, 0.6) is 0 Å². The van der Waals surface area contributed by atoms with Crippen molar-refractivity contribution in [3.8, 4) is 0 Å². The maximum Gasteiger partial charge on any atom is 0.271 e. The second-order valence-electron chi connectivity index (χ2n) is 4.79. The lowest BCUT2D eigenvalue weighted by atomic mass is 9.82. The number of rotatable bonds is 3. The Morgan fingerprint density at radius 2 is 2.05 bits per heavy atom. The number of hydrogen-bond acceptors (Lipinski definition) is 3. The van der Waals surface area contributed by atoms with E-state index in [9.17, 15) is 14.9 Å². The highest BCUT2D eigenvalue weighted by Crippen LogP contribution is 2.32. The normalized spacial score (nSPS) is 21.6. The standard InChI is InChI=1S/C12H12Cl2N2O3/c1-6-2-7(3-6)15-12(17)9-4-8(16(18)19)5-10(13)11(9)14/h4-7H,2-3H2,1H3,(H,15,17). The summed E-state index contributed by atoms with van der Waals surface area (Å²) in [6.07, 6.45) is 1.82. The van der Waals surface area contributed by atoms with Crippen LogP contribution in [0.15, 0.2) is 12.1 Å². The first kappa shape index (κ1) is 14.1. The van der Waals surface area contributed by atoms with E-state index in [2.05, 4.69) is 12.2 Å². The van der Waals surface area contributed by atoms with Crippen LogP contribution < -0.4 is 5.32 Å². The molecular formula is C12H12Cl2N2O3. The van der Waals surface area contributed by atoms with Crippen molar-refractivity contribution in [2.24, 2.45) is 5.92 Å². The van der Waals surface area contributed by atoms with Gasteiger partial charge in [-0.1, -0.05) is 30.1 Å². The second-order valence-corrected chi connectivity index (χ2v) is 5.58. The fraction of sp³-hybridized carbons (Fsp3) is 0.417. The molecule has 1 aromatic rings. The topological polar surface area (TPSA) is 72.2 Å². The predicted octanol–water partition coefficient (Wildman–Crippen LogP) is 3.43. The van der Waals surface area contributed by atoms with E-state index >= 15 is 0 Å². The Labute approximate surface area is 120 Å². The van der Waals surface area contributed by atoms with Gasteiger partial charge in [-0.2, -0.15) is 0 Å². The quantitative estimate of drug-likeness (QED) is 0.687. The van der Waals surface area contributed by atoms with E-state index in [0.29, 0.717) is 5.92 Å². The molecule has 0 bridgehead atoms. The Kier molecular flexibility index (Phi) is 3.96. The Morgan fingerprint density at radius 1 is 1.42 bits per heavy atom. The fourth-order valence-electron chi connectivity index (χ4n) is 2.13. The third-order valence-electron chi connectivity index (χ3n) is 3.18. The van der Waals surface area contributed by atoms with Gasteiger partial charge in [-0.05, 0) is 18.8 Å². The Balaban J connectivity index is 2.22. The average molecular weight is 303 g/mol. The molecule has 102 valence electrons. The molecule has 0 spiro atoms. The average Bonchev–Trinajstić information content (AvgIpc) is 2.30. The summed E-state index contributed by atoms with van der Waals surface area (Å²) >= 11 is 11.7. The minimum absolute atomic E-state index is 0.00277. The summed E-state index contributed by atoms with van der Waals surface area (Å²) in [5.41, 5.74) is -0.207. The highest BCUT2D eigenvalue weighted by atomic mass is 35.5. The molecule has 1 fully saturated rings. The minimum Gasteiger partial charge on any atom is -0.349 e. The van der Waals surface area contributed by atoms with Crippen LogP contribution in [0.25, 0.3) is 0 Å². The van der Waals surface area contributed by atoms with Gasteiger partial charge in [-0.15, -0.1) is 0 Å². The van der Waals surface area contributed by atoms with Crippen LogP contribution in [0.3, 0.4) is 0 Å². The molecule has 0 unspecified atom stereocenters. The first-order valence-electron chi connectivity index (χ1n) is 5.82. The zero-order valence-corrected chi connectivity index (χ0v) is 11.7. The van der Waals surface area contributed by atoms with Gasteiger partial charge < -0.3 is 5.32 Å². The Hall–Kier alpha value is -1.33. The number of nitro groups is 1. The first-order valence-corrected chi connectivity index (χ1v) is 6.58. The molecule has 2 rings (SSSR count). The number of nitro benzene ring substituents is 1. The van der Waals surface area contributed by atoms with Crippen LogP contribution in [0.1, 0.15) is 30.1 Å². The molecule has 0 heterocycles. The molecule has 1 aliphatic carbocycles. The second kappa shape index (κ2) is 5.35. The molecule has 7 heteroatoms. The van der Waals surface area contributed by atoms with Gasteiger partial charge in [-0.3, -0.25) is 14.9 Å². The molecule has 1 saturated carbocycles. The van der Waals surface area contributed by atoms with Gasteiger partial charge in [0, 0.05) is 18.2 Å². The van der Waals surface area contributed by atoms with Crippen LogP contribution in [0.4, 0.5) is 5.69 Å². The number of hydrogen-bond donors (Lipinski definition) is 1. The van der Waals surface area contributed by atoms with Gasteiger partial charge >= 0.3 is 0 Å². The van der Waals surface area contributed by atoms with E-state index in [1.165, 1.54) is 0 Å². The summed E-state index contributed by atoms with van der Waals surface area (Å²) in [4.78, 5) is 22.2. The number of carbonyl (C=O) groups excluding carboxylic acids is 1. The number of non-ortho nitro benzene ring substituents is 1. The van der Waals surface area contributed by atoms with Crippen molar-refractivity contribution < 1.29 is 9.72 Å². The third-order valence-corrected chi connectivity index (χ3v) is 3.98. The fourth-order valence-corrected chi connectivity index (χ4v) is 2.54. The number of halogens is 2. The summed E-state index contributed by atoms with van der Waals surface area (Å²) < 4.78 is 0. The summed E-state index contributed by atoms with van der Waals surface area (Å²) in [5, 5.41) is 13.6. The van der Waals surface area contributed by atoms with Crippen molar-refractivity contribution in [3.05, 3.63) is 37.9 Å². The zero-order chi connectivity index (χ0) is 14.2. The van der Waals surface area contributed by atoms with Crippen LogP contribution in [0, 0.1) is 16.0 Å². The minimum atomic E-state index is -0.607. The van der Waals surface area contributed by atoms with Gasteiger partial charge in [0.1, 0.15) is 0 Å². The predicted molar refractivity (Wildman–Crippen MR) is 72.8 cm³/mol. The molecule has 1 aromatic carbocycles. The van der Waals surface area contributed by atoms with E-state index in [-0.39, 0.29) is 27.3 Å². The van der Waals surface area contributed by atoms with E-state index < -0.39 is 10.8 Å². The lowest BCUT2D eigenvalue weighted by Crippen LogP contribution is -2.43. The van der Waals surface area contributed by atoms with Gasteiger partial charge in [0.2, 0.25) is 0 Å². The largest absolute Gasteiger partial charge is 0.349 e. The zero-order valence-electron chi connectivity index (χ0n) is 10.2. The van der Waals surface area contributed by atoms with Crippen molar-refractivity contribution in [2.45, 2.75) is 25.8 Å². The van der Waals surface area contributed by atoms with Crippen LogP contribution in [0.2, 0.25) is 10.0 Å². The maximum absolute atomic E-state index is 12.0. The van der Waals surface area contributed by atoms with Gasteiger partial charge in [0.25, 0.3) is 11.6 Å². The van der Waals surface area contributed by atoms with Gasteiger partial charge in [-0.25, -0.2) is 0 Å². The summed E-state index contributed by atoms with van der Waals surface area (Å²) in [6.45, 7) is 2.10.